The van der Waals surface area contributed by atoms with E-state index in [1.807, 2.05) is 31.4 Å². The van der Waals surface area contributed by atoms with Gasteiger partial charge in [-0.25, -0.2) is 0 Å². The Morgan fingerprint density at radius 3 is 2.96 bits per heavy atom. The molecule has 1 aliphatic rings. The topological polar surface area (TPSA) is 97.1 Å². The number of nitrogens with zero attached hydrogens (tertiary/aromatic N) is 2. The molecule has 0 bridgehead atoms. The highest BCUT2D eigenvalue weighted by Crippen LogP contribution is 2.25. The van der Waals surface area contributed by atoms with Crippen molar-refractivity contribution in [2.45, 2.75) is 70.9 Å². The summed E-state index contributed by atoms with van der Waals surface area (Å²) in [6.45, 7) is 3.93. The summed E-state index contributed by atoms with van der Waals surface area (Å²) in [6, 6.07) is 4.12. The van der Waals surface area contributed by atoms with E-state index in [4.69, 9.17) is 4.52 Å². The molecule has 2 unspecified atom stereocenters. The van der Waals surface area contributed by atoms with Gasteiger partial charge in [0.25, 0.3) is 0 Å². The Labute approximate surface area is 169 Å². The zero-order valence-corrected chi connectivity index (χ0v) is 17.3. The fourth-order valence-corrected chi connectivity index (χ4v) is 4.17. The molecular weight excluding hydrogens is 376 g/mol. The predicted molar refractivity (Wildman–Crippen MR) is 108 cm³/mol. The number of aromatic nitrogens is 2. The minimum Gasteiger partial charge on any atom is -0.354 e. The van der Waals surface area contributed by atoms with E-state index in [1.165, 1.54) is 0 Å². The van der Waals surface area contributed by atoms with Crippen LogP contribution in [0.15, 0.2) is 22.0 Å². The molecule has 3 rings (SSSR count). The molecule has 7 nitrogen and oxygen atoms in total. The lowest BCUT2D eigenvalue weighted by atomic mass is 9.85. The molecule has 0 radical (unpaired) electrons. The summed E-state index contributed by atoms with van der Waals surface area (Å²) in [7, 11) is 0. The van der Waals surface area contributed by atoms with Crippen LogP contribution in [0.3, 0.4) is 0 Å². The minimum atomic E-state index is -0.00415. The van der Waals surface area contributed by atoms with Gasteiger partial charge in [0, 0.05) is 30.8 Å². The van der Waals surface area contributed by atoms with Crippen molar-refractivity contribution >= 4 is 23.2 Å². The summed E-state index contributed by atoms with van der Waals surface area (Å²) in [5.41, 5.74) is 0. The number of hydrogen-bond acceptors (Lipinski definition) is 6. The van der Waals surface area contributed by atoms with Crippen LogP contribution in [-0.2, 0) is 16.0 Å². The molecule has 0 saturated heterocycles. The van der Waals surface area contributed by atoms with Gasteiger partial charge in [-0.2, -0.15) is 4.98 Å². The quantitative estimate of drug-likeness (QED) is 0.703. The number of aryl methyl sites for hydroxylation is 1. The molecule has 28 heavy (non-hydrogen) atoms. The second-order valence-electron chi connectivity index (χ2n) is 7.63. The standard InChI is InChI=1S/C20H28N4O3S/c1-13(2)21-20(26)14-6-3-7-15(12-14)22-17(25)9-4-10-18-23-19(24-27-18)16-8-5-11-28-16/h5,8,11,13-15H,3-4,6-7,9-10,12H2,1-2H3,(H,21,26)(H,22,25). The Bertz CT molecular complexity index is 772. The van der Waals surface area contributed by atoms with Gasteiger partial charge in [-0.3, -0.25) is 9.59 Å². The molecule has 8 heteroatoms. The first-order chi connectivity index (χ1) is 13.5. The Morgan fingerprint density at radius 1 is 1.36 bits per heavy atom. The lowest BCUT2D eigenvalue weighted by Crippen LogP contribution is -2.43. The van der Waals surface area contributed by atoms with E-state index >= 15 is 0 Å². The van der Waals surface area contributed by atoms with Gasteiger partial charge in [-0.05, 0) is 51.0 Å². The third kappa shape index (κ3) is 5.89. The van der Waals surface area contributed by atoms with Crippen molar-refractivity contribution in [1.82, 2.24) is 20.8 Å². The minimum absolute atomic E-state index is 0.00415. The SMILES string of the molecule is CC(C)NC(=O)C1CCCC(NC(=O)CCCc2nc(-c3cccs3)no2)C1. The van der Waals surface area contributed by atoms with Crippen LogP contribution in [0.1, 0.15) is 58.3 Å². The van der Waals surface area contributed by atoms with Crippen LogP contribution in [0.4, 0.5) is 0 Å². The number of nitrogens with one attached hydrogen (secondary N) is 2. The van der Waals surface area contributed by atoms with Crippen LogP contribution >= 0.6 is 11.3 Å². The Kier molecular flexibility index (Phi) is 7.19. The smallest absolute Gasteiger partial charge is 0.226 e. The van der Waals surface area contributed by atoms with Gasteiger partial charge < -0.3 is 15.2 Å². The highest BCUT2D eigenvalue weighted by molar-refractivity contribution is 7.13. The molecule has 2 N–H and O–H groups in total. The molecule has 0 spiro atoms. The second-order valence-corrected chi connectivity index (χ2v) is 8.58. The van der Waals surface area contributed by atoms with Crippen molar-refractivity contribution in [3.8, 4) is 10.7 Å². The molecular formula is C20H28N4O3S. The number of amides is 2. The maximum absolute atomic E-state index is 12.3. The van der Waals surface area contributed by atoms with E-state index in [9.17, 15) is 9.59 Å². The number of carbonyl (C=O) groups excluding carboxylic acids is 2. The van der Waals surface area contributed by atoms with Gasteiger partial charge >= 0.3 is 0 Å². The molecule has 2 heterocycles. The van der Waals surface area contributed by atoms with Crippen LogP contribution in [-0.4, -0.2) is 34.0 Å². The maximum atomic E-state index is 12.3. The molecule has 0 aromatic carbocycles. The third-order valence-corrected chi connectivity index (χ3v) is 5.71. The van der Waals surface area contributed by atoms with Gasteiger partial charge in [0.15, 0.2) is 0 Å². The summed E-state index contributed by atoms with van der Waals surface area (Å²) in [4.78, 5) is 29.8. The molecule has 2 amide bonds. The Balaban J connectivity index is 1.39. The average molecular weight is 405 g/mol. The molecule has 1 fully saturated rings. The lowest BCUT2D eigenvalue weighted by molar-refractivity contribution is -0.128. The summed E-state index contributed by atoms with van der Waals surface area (Å²) in [5, 5.41) is 12.0. The van der Waals surface area contributed by atoms with E-state index < -0.39 is 0 Å². The first-order valence-electron chi connectivity index (χ1n) is 9.97. The zero-order chi connectivity index (χ0) is 19.9. The summed E-state index contributed by atoms with van der Waals surface area (Å²) in [5.74, 6) is 1.27. The number of carbonyl (C=O) groups is 2. The van der Waals surface area contributed by atoms with Crippen molar-refractivity contribution in [3.63, 3.8) is 0 Å². The van der Waals surface area contributed by atoms with E-state index in [2.05, 4.69) is 20.8 Å². The molecule has 2 aromatic rings. The average Bonchev–Trinajstić information content (AvgIpc) is 3.33. The molecule has 2 aromatic heterocycles. The Hall–Kier alpha value is -2.22. The fourth-order valence-electron chi connectivity index (χ4n) is 3.52. The van der Waals surface area contributed by atoms with Gasteiger partial charge in [0.05, 0.1) is 4.88 Å². The summed E-state index contributed by atoms with van der Waals surface area (Å²) >= 11 is 1.57. The van der Waals surface area contributed by atoms with E-state index in [-0.39, 0.29) is 29.8 Å². The van der Waals surface area contributed by atoms with E-state index in [0.29, 0.717) is 31.0 Å². The van der Waals surface area contributed by atoms with Crippen molar-refractivity contribution < 1.29 is 14.1 Å². The number of hydrogen-bond donors (Lipinski definition) is 2. The molecule has 1 aliphatic carbocycles. The molecule has 1 saturated carbocycles. The zero-order valence-electron chi connectivity index (χ0n) is 16.4. The van der Waals surface area contributed by atoms with Crippen molar-refractivity contribution in [1.29, 1.82) is 0 Å². The van der Waals surface area contributed by atoms with E-state index in [0.717, 1.165) is 30.6 Å². The van der Waals surface area contributed by atoms with Crippen LogP contribution in [0.2, 0.25) is 0 Å². The second kappa shape index (κ2) is 9.82. The first kappa shape index (κ1) is 20.5. The maximum Gasteiger partial charge on any atom is 0.226 e. The monoisotopic (exact) mass is 404 g/mol. The van der Waals surface area contributed by atoms with Crippen LogP contribution in [0.25, 0.3) is 10.7 Å². The largest absolute Gasteiger partial charge is 0.354 e. The Morgan fingerprint density at radius 2 is 2.21 bits per heavy atom. The highest BCUT2D eigenvalue weighted by Gasteiger charge is 2.28. The van der Waals surface area contributed by atoms with Gasteiger partial charge in [0.1, 0.15) is 0 Å². The van der Waals surface area contributed by atoms with E-state index in [1.54, 1.807) is 11.3 Å². The number of rotatable bonds is 8. The van der Waals surface area contributed by atoms with Crippen LogP contribution in [0, 0.1) is 5.92 Å². The van der Waals surface area contributed by atoms with Crippen LogP contribution < -0.4 is 10.6 Å². The van der Waals surface area contributed by atoms with Gasteiger partial charge in [-0.1, -0.05) is 17.6 Å². The van der Waals surface area contributed by atoms with Crippen LogP contribution in [0.5, 0.6) is 0 Å². The first-order valence-corrected chi connectivity index (χ1v) is 10.9. The fraction of sp³-hybridized carbons (Fsp3) is 0.600. The van der Waals surface area contributed by atoms with Gasteiger partial charge in [0.2, 0.25) is 23.5 Å². The highest BCUT2D eigenvalue weighted by atomic mass is 32.1. The molecule has 0 aliphatic heterocycles. The summed E-state index contributed by atoms with van der Waals surface area (Å²) < 4.78 is 5.26. The number of thiophene rings is 1. The third-order valence-electron chi connectivity index (χ3n) is 4.85. The van der Waals surface area contributed by atoms with Crippen molar-refractivity contribution in [3.05, 3.63) is 23.4 Å². The lowest BCUT2D eigenvalue weighted by Gasteiger charge is -2.29. The summed E-state index contributed by atoms with van der Waals surface area (Å²) in [6.07, 6.45) is 5.17. The predicted octanol–water partition coefficient (Wildman–Crippen LogP) is 3.32. The van der Waals surface area contributed by atoms with Crippen molar-refractivity contribution in [2.24, 2.45) is 5.92 Å². The molecule has 2 atom stereocenters. The van der Waals surface area contributed by atoms with Gasteiger partial charge in [-0.15, -0.1) is 11.3 Å². The molecule has 152 valence electrons. The normalized spacial score (nSPS) is 19.5. The van der Waals surface area contributed by atoms with Crippen molar-refractivity contribution in [2.75, 3.05) is 0 Å².